The van der Waals surface area contributed by atoms with Crippen LogP contribution in [0.5, 0.6) is 0 Å². The fourth-order valence-electron chi connectivity index (χ4n) is 2.61. The van der Waals surface area contributed by atoms with Crippen LogP contribution in [0.15, 0.2) is 48.5 Å². The fraction of sp³-hybridized carbons (Fsp3) is 0.158. The van der Waals surface area contributed by atoms with Crippen LogP contribution in [0.3, 0.4) is 0 Å². The van der Waals surface area contributed by atoms with Gasteiger partial charge in [-0.3, -0.25) is 4.79 Å². The molecule has 0 aliphatic rings. The second-order valence-corrected chi connectivity index (χ2v) is 10.0. The normalized spacial score (nSPS) is 11.3. The van der Waals surface area contributed by atoms with Crippen molar-refractivity contribution in [2.75, 3.05) is 11.2 Å². The molecule has 3 rings (SSSR count). The van der Waals surface area contributed by atoms with Gasteiger partial charge in [0, 0.05) is 10.6 Å². The third-order valence-electron chi connectivity index (χ3n) is 3.91. The average molecular weight is 470 g/mol. The molecular weight excluding hydrogens is 453 g/mol. The number of rotatable bonds is 6. The Hall–Kier alpha value is -2.13. The molecule has 0 spiro atoms. The van der Waals surface area contributed by atoms with Crippen LogP contribution in [-0.4, -0.2) is 25.6 Å². The van der Waals surface area contributed by atoms with E-state index in [2.05, 4.69) is 4.98 Å². The molecule has 0 radical (unpaired) electrons. The molecule has 1 heterocycles. The van der Waals surface area contributed by atoms with E-state index in [0.717, 1.165) is 17.5 Å². The van der Waals surface area contributed by atoms with Crippen molar-refractivity contribution in [3.8, 4) is 0 Å². The molecule has 10 heteroatoms. The van der Waals surface area contributed by atoms with Crippen molar-refractivity contribution in [1.82, 2.24) is 9.71 Å². The summed E-state index contributed by atoms with van der Waals surface area (Å²) in [6.07, 6.45) is 0.922. The zero-order valence-electron chi connectivity index (χ0n) is 15.5. The summed E-state index contributed by atoms with van der Waals surface area (Å²) in [7, 11) is -3.69. The number of carbonyl (C=O) groups is 1. The summed E-state index contributed by atoms with van der Waals surface area (Å²) in [5.74, 6) is -0.763. The number of halogens is 2. The summed E-state index contributed by atoms with van der Waals surface area (Å²) >= 11 is 13.5. The number of carbonyl (C=O) groups excluding carboxylic acids is 1. The maximum atomic E-state index is 12.3. The van der Waals surface area contributed by atoms with Gasteiger partial charge in [-0.2, -0.15) is 0 Å². The molecule has 0 atom stereocenters. The first-order valence-electron chi connectivity index (χ1n) is 8.40. The number of nitrogens with one attached hydrogen (secondary N) is 1. The maximum Gasteiger partial charge on any atom is 0.284 e. The number of amides is 1. The van der Waals surface area contributed by atoms with E-state index in [4.69, 9.17) is 23.2 Å². The van der Waals surface area contributed by atoms with E-state index < -0.39 is 15.9 Å². The van der Waals surface area contributed by atoms with Crippen LogP contribution < -0.4 is 9.62 Å². The standard InChI is InChI=1S/C19H17Cl2N3O3S2/c1-12-17(18(25)23-29(2,26)27)22-19(28-12)24(11-13-6-4-3-5-7-13)14-8-9-15(20)16(21)10-14/h3-10H,11H2,1-2H3,(H,23,25). The molecule has 0 aliphatic carbocycles. The Kier molecular flexibility index (Phi) is 6.48. The minimum atomic E-state index is -3.69. The highest BCUT2D eigenvalue weighted by molar-refractivity contribution is 7.89. The topological polar surface area (TPSA) is 79.4 Å². The van der Waals surface area contributed by atoms with Crippen LogP contribution in [0, 0.1) is 6.92 Å². The number of hydrogen-bond acceptors (Lipinski definition) is 6. The van der Waals surface area contributed by atoms with Crippen molar-refractivity contribution in [1.29, 1.82) is 0 Å². The first-order chi connectivity index (χ1) is 13.6. The van der Waals surface area contributed by atoms with Gasteiger partial charge in [0.1, 0.15) is 5.69 Å². The van der Waals surface area contributed by atoms with Gasteiger partial charge in [0.2, 0.25) is 10.0 Å². The van der Waals surface area contributed by atoms with E-state index in [1.165, 1.54) is 11.3 Å². The number of aromatic nitrogens is 1. The zero-order chi connectivity index (χ0) is 21.2. The Morgan fingerprint density at radius 1 is 1.14 bits per heavy atom. The van der Waals surface area contributed by atoms with Crippen LogP contribution in [-0.2, 0) is 16.6 Å². The largest absolute Gasteiger partial charge is 0.313 e. The van der Waals surface area contributed by atoms with Crippen molar-refractivity contribution in [2.24, 2.45) is 0 Å². The number of sulfonamides is 1. The lowest BCUT2D eigenvalue weighted by atomic mass is 10.2. The fourth-order valence-corrected chi connectivity index (χ4v) is 4.27. The van der Waals surface area contributed by atoms with E-state index in [0.29, 0.717) is 26.6 Å². The quantitative estimate of drug-likeness (QED) is 0.561. The summed E-state index contributed by atoms with van der Waals surface area (Å²) in [5.41, 5.74) is 1.83. The lowest BCUT2D eigenvalue weighted by Gasteiger charge is -2.22. The van der Waals surface area contributed by atoms with Gasteiger partial charge < -0.3 is 4.90 Å². The van der Waals surface area contributed by atoms with Crippen LogP contribution in [0.25, 0.3) is 0 Å². The SMILES string of the molecule is Cc1sc(N(Cc2ccccc2)c2ccc(Cl)c(Cl)c2)nc1C(=O)NS(C)(=O)=O. The molecule has 0 bridgehead atoms. The molecule has 152 valence electrons. The second-order valence-electron chi connectivity index (χ2n) is 6.27. The van der Waals surface area contributed by atoms with Crippen LogP contribution >= 0.6 is 34.5 Å². The number of hydrogen-bond donors (Lipinski definition) is 1. The van der Waals surface area contributed by atoms with Crippen LogP contribution in [0.4, 0.5) is 10.8 Å². The van der Waals surface area contributed by atoms with Crippen LogP contribution in [0.2, 0.25) is 10.0 Å². The van der Waals surface area contributed by atoms with Crippen molar-refractivity contribution < 1.29 is 13.2 Å². The number of benzene rings is 2. The Labute approximate surface area is 183 Å². The Bertz CT molecular complexity index is 1150. The van der Waals surface area contributed by atoms with Gasteiger partial charge >= 0.3 is 0 Å². The molecule has 1 amide bonds. The molecule has 3 aromatic rings. The minimum Gasteiger partial charge on any atom is -0.313 e. The number of aryl methyl sites for hydroxylation is 1. The first kappa shape index (κ1) is 21.6. The summed E-state index contributed by atoms with van der Waals surface area (Å²) < 4.78 is 24.8. The minimum absolute atomic E-state index is 0.0635. The third-order valence-corrected chi connectivity index (χ3v) is 6.20. The summed E-state index contributed by atoms with van der Waals surface area (Å²) in [6, 6.07) is 15.0. The highest BCUT2D eigenvalue weighted by atomic mass is 35.5. The van der Waals surface area contributed by atoms with Gasteiger partial charge in [-0.25, -0.2) is 18.1 Å². The Balaban J connectivity index is 2.03. The summed E-state index contributed by atoms with van der Waals surface area (Å²) in [5, 5.41) is 1.35. The molecule has 0 saturated carbocycles. The third kappa shape index (κ3) is 5.48. The smallest absolute Gasteiger partial charge is 0.284 e. The lowest BCUT2D eigenvalue weighted by molar-refractivity contribution is 0.0977. The van der Waals surface area contributed by atoms with E-state index in [9.17, 15) is 13.2 Å². The molecule has 0 saturated heterocycles. The highest BCUT2D eigenvalue weighted by Gasteiger charge is 2.22. The first-order valence-corrected chi connectivity index (χ1v) is 11.9. The molecule has 1 N–H and O–H groups in total. The van der Waals surface area contributed by atoms with Gasteiger partial charge in [-0.05, 0) is 30.7 Å². The molecular formula is C19H17Cl2N3O3S2. The van der Waals surface area contributed by atoms with Gasteiger partial charge in [0.15, 0.2) is 5.13 Å². The van der Waals surface area contributed by atoms with Crippen molar-refractivity contribution in [2.45, 2.75) is 13.5 Å². The molecule has 1 aromatic heterocycles. The molecule has 6 nitrogen and oxygen atoms in total. The highest BCUT2D eigenvalue weighted by Crippen LogP contribution is 2.36. The number of anilines is 2. The van der Waals surface area contributed by atoms with Gasteiger partial charge in [0.25, 0.3) is 5.91 Å². The van der Waals surface area contributed by atoms with Crippen molar-refractivity contribution in [3.63, 3.8) is 0 Å². The predicted molar refractivity (Wildman–Crippen MR) is 118 cm³/mol. The van der Waals surface area contributed by atoms with E-state index in [1.807, 2.05) is 46.0 Å². The predicted octanol–water partition coefficient (Wildman–Crippen LogP) is 4.79. The Morgan fingerprint density at radius 3 is 2.45 bits per heavy atom. The zero-order valence-corrected chi connectivity index (χ0v) is 18.7. The lowest BCUT2D eigenvalue weighted by Crippen LogP contribution is -2.30. The van der Waals surface area contributed by atoms with E-state index in [1.54, 1.807) is 19.1 Å². The molecule has 0 unspecified atom stereocenters. The second kappa shape index (κ2) is 8.71. The molecule has 0 aliphatic heterocycles. The monoisotopic (exact) mass is 469 g/mol. The van der Waals surface area contributed by atoms with Crippen molar-refractivity contribution >= 4 is 61.3 Å². The Morgan fingerprint density at radius 2 is 1.83 bits per heavy atom. The average Bonchev–Trinajstić information content (AvgIpc) is 3.03. The van der Waals surface area contributed by atoms with Gasteiger partial charge in [-0.1, -0.05) is 53.5 Å². The summed E-state index contributed by atoms with van der Waals surface area (Å²) in [6.45, 7) is 2.19. The molecule has 2 aromatic carbocycles. The van der Waals surface area contributed by atoms with E-state index in [-0.39, 0.29) is 5.69 Å². The number of nitrogens with zero attached hydrogens (tertiary/aromatic N) is 2. The van der Waals surface area contributed by atoms with Crippen molar-refractivity contribution in [3.05, 3.63) is 74.7 Å². The van der Waals surface area contributed by atoms with Gasteiger partial charge in [-0.15, -0.1) is 11.3 Å². The molecule has 0 fully saturated rings. The maximum absolute atomic E-state index is 12.3. The summed E-state index contributed by atoms with van der Waals surface area (Å²) in [4.78, 5) is 19.2. The number of thiazole rings is 1. The van der Waals surface area contributed by atoms with Gasteiger partial charge in [0.05, 0.1) is 22.8 Å². The van der Waals surface area contributed by atoms with Crippen LogP contribution in [0.1, 0.15) is 20.9 Å². The van der Waals surface area contributed by atoms with E-state index >= 15 is 0 Å². The molecule has 29 heavy (non-hydrogen) atoms.